The van der Waals surface area contributed by atoms with Crippen LogP contribution in [0.1, 0.15) is 91.0 Å². The predicted molar refractivity (Wildman–Crippen MR) is 129 cm³/mol. The molecule has 3 rings (SSSR count). The Morgan fingerprint density at radius 3 is 2.04 bits per heavy atom. The highest BCUT2D eigenvalue weighted by atomic mass is 32.2. The molecule has 0 radical (unpaired) electrons. The van der Waals surface area contributed by atoms with Gasteiger partial charge in [0.15, 0.2) is 0 Å². The normalized spacial score (nSPS) is 17.7. The van der Waals surface area contributed by atoms with Crippen LogP contribution in [0, 0.1) is 0 Å². The van der Waals surface area contributed by atoms with Crippen molar-refractivity contribution in [2.45, 2.75) is 95.8 Å². The zero-order valence-corrected chi connectivity index (χ0v) is 19.4. The first-order chi connectivity index (χ1) is 13.7. The quantitative estimate of drug-likeness (QED) is 0.380. The number of hydrogen-bond acceptors (Lipinski definition) is 1. The van der Waals surface area contributed by atoms with Crippen LogP contribution < -0.4 is 0 Å². The maximum Gasteiger partial charge on any atom is 0.0111 e. The van der Waals surface area contributed by atoms with E-state index in [-0.39, 0.29) is 0 Å². The SMILES string of the molecule is CCCCC1(CC)CSc2ccc(-c3ccccc3)cc21.CCCCCCC. The van der Waals surface area contributed by atoms with Gasteiger partial charge in [0, 0.05) is 16.1 Å². The lowest BCUT2D eigenvalue weighted by Gasteiger charge is -2.28. The Hall–Kier alpha value is -1.21. The molecule has 1 atom stereocenters. The van der Waals surface area contributed by atoms with Gasteiger partial charge in [-0.1, -0.05) is 109 Å². The Morgan fingerprint density at radius 2 is 1.43 bits per heavy atom. The van der Waals surface area contributed by atoms with Crippen molar-refractivity contribution in [3.8, 4) is 11.1 Å². The van der Waals surface area contributed by atoms with Gasteiger partial charge in [-0.25, -0.2) is 0 Å². The molecule has 1 aliphatic heterocycles. The van der Waals surface area contributed by atoms with Crippen LogP contribution >= 0.6 is 11.8 Å². The first kappa shape index (κ1) is 23.1. The highest BCUT2D eigenvalue weighted by molar-refractivity contribution is 7.99. The predicted octanol–water partition coefficient (Wildman–Crippen LogP) is 9.27. The average Bonchev–Trinajstić information content (AvgIpc) is 3.12. The first-order valence-corrected chi connectivity index (χ1v) is 12.5. The second-order valence-corrected chi connectivity index (χ2v) is 9.18. The molecule has 2 aromatic carbocycles. The molecular formula is C27H40S. The molecule has 0 aliphatic carbocycles. The third-order valence-electron chi connectivity index (χ3n) is 6.05. The van der Waals surface area contributed by atoms with Crippen LogP contribution in [0.5, 0.6) is 0 Å². The van der Waals surface area contributed by atoms with Crippen molar-refractivity contribution in [3.05, 3.63) is 54.1 Å². The summed E-state index contributed by atoms with van der Waals surface area (Å²) in [7, 11) is 0. The van der Waals surface area contributed by atoms with Crippen molar-refractivity contribution in [2.75, 3.05) is 5.75 Å². The van der Waals surface area contributed by atoms with Crippen molar-refractivity contribution in [2.24, 2.45) is 0 Å². The molecule has 1 heteroatoms. The van der Waals surface area contributed by atoms with Gasteiger partial charge in [0.2, 0.25) is 0 Å². The molecule has 0 bridgehead atoms. The molecule has 0 N–H and O–H groups in total. The van der Waals surface area contributed by atoms with Gasteiger partial charge in [0.1, 0.15) is 0 Å². The van der Waals surface area contributed by atoms with Gasteiger partial charge in [-0.15, -0.1) is 11.8 Å². The van der Waals surface area contributed by atoms with Crippen LogP contribution in [0.4, 0.5) is 0 Å². The average molecular weight is 397 g/mol. The highest BCUT2D eigenvalue weighted by Gasteiger charge is 2.37. The summed E-state index contributed by atoms with van der Waals surface area (Å²) < 4.78 is 0. The summed E-state index contributed by atoms with van der Waals surface area (Å²) in [5, 5.41) is 0. The Balaban J connectivity index is 0.000000345. The fourth-order valence-electron chi connectivity index (χ4n) is 4.04. The third kappa shape index (κ3) is 6.14. The van der Waals surface area contributed by atoms with Gasteiger partial charge in [0.25, 0.3) is 0 Å². The van der Waals surface area contributed by atoms with Crippen LogP contribution in [0.3, 0.4) is 0 Å². The number of hydrogen-bond donors (Lipinski definition) is 0. The molecular weight excluding hydrogens is 356 g/mol. The molecule has 28 heavy (non-hydrogen) atoms. The second-order valence-electron chi connectivity index (χ2n) is 8.16. The van der Waals surface area contributed by atoms with Crippen molar-refractivity contribution in [1.29, 1.82) is 0 Å². The summed E-state index contributed by atoms with van der Waals surface area (Å²) in [5.41, 5.74) is 4.70. The maximum atomic E-state index is 2.46. The van der Waals surface area contributed by atoms with Gasteiger partial charge in [-0.3, -0.25) is 0 Å². The van der Waals surface area contributed by atoms with E-state index in [0.29, 0.717) is 5.41 Å². The van der Waals surface area contributed by atoms with Crippen LogP contribution in [-0.4, -0.2) is 5.75 Å². The Bertz CT molecular complexity index is 672. The van der Waals surface area contributed by atoms with Crippen LogP contribution in [0.15, 0.2) is 53.4 Å². The molecule has 0 saturated carbocycles. The zero-order valence-electron chi connectivity index (χ0n) is 18.6. The monoisotopic (exact) mass is 396 g/mol. The summed E-state index contributed by atoms with van der Waals surface area (Å²) in [6, 6.07) is 17.8. The van der Waals surface area contributed by atoms with E-state index in [9.17, 15) is 0 Å². The Kier molecular flexibility index (Phi) is 10.2. The Morgan fingerprint density at radius 1 is 0.750 bits per heavy atom. The van der Waals surface area contributed by atoms with Crippen molar-refractivity contribution >= 4 is 11.8 Å². The lowest BCUT2D eigenvalue weighted by molar-refractivity contribution is 0.413. The lowest BCUT2D eigenvalue weighted by Crippen LogP contribution is -2.25. The number of unbranched alkanes of at least 4 members (excludes halogenated alkanes) is 5. The molecule has 0 spiro atoms. The third-order valence-corrected chi connectivity index (χ3v) is 7.42. The molecule has 1 heterocycles. The minimum absolute atomic E-state index is 0.404. The first-order valence-electron chi connectivity index (χ1n) is 11.5. The second kappa shape index (κ2) is 12.4. The van der Waals surface area contributed by atoms with Gasteiger partial charge in [0.05, 0.1) is 0 Å². The fourth-order valence-corrected chi connectivity index (χ4v) is 5.57. The summed E-state index contributed by atoms with van der Waals surface area (Å²) in [4.78, 5) is 1.51. The number of rotatable bonds is 9. The van der Waals surface area contributed by atoms with Crippen molar-refractivity contribution < 1.29 is 0 Å². The van der Waals surface area contributed by atoms with Gasteiger partial charge < -0.3 is 0 Å². The largest absolute Gasteiger partial charge is 0.125 e. The number of thioether (sulfide) groups is 1. The Labute approximate surface area is 178 Å². The minimum Gasteiger partial charge on any atom is -0.125 e. The topological polar surface area (TPSA) is 0 Å². The smallest absolute Gasteiger partial charge is 0.0111 e. The van der Waals surface area contributed by atoms with Crippen LogP contribution in [-0.2, 0) is 5.41 Å². The van der Waals surface area contributed by atoms with Gasteiger partial charge >= 0.3 is 0 Å². The van der Waals surface area contributed by atoms with E-state index in [0.717, 1.165) is 0 Å². The van der Waals surface area contributed by atoms with E-state index >= 15 is 0 Å². The standard InChI is InChI=1S/C20H24S.C7H16/c1-3-5-13-20(4-2)15-21-19-12-11-17(14-18(19)20)16-9-7-6-8-10-16;1-3-5-7-6-4-2/h6-12,14H,3-5,13,15H2,1-2H3;3-7H2,1-2H3. The highest BCUT2D eigenvalue weighted by Crippen LogP contribution is 2.49. The molecule has 0 saturated heterocycles. The summed E-state index contributed by atoms with van der Waals surface area (Å²) in [6.45, 7) is 9.15. The molecule has 1 aliphatic rings. The van der Waals surface area contributed by atoms with Gasteiger partial charge in [-0.05, 0) is 41.7 Å². The van der Waals surface area contributed by atoms with E-state index in [1.165, 1.54) is 79.6 Å². The molecule has 1 unspecified atom stereocenters. The minimum atomic E-state index is 0.404. The van der Waals surface area contributed by atoms with Crippen molar-refractivity contribution in [1.82, 2.24) is 0 Å². The molecule has 0 aromatic heterocycles. The van der Waals surface area contributed by atoms with E-state index in [4.69, 9.17) is 0 Å². The molecule has 154 valence electrons. The molecule has 0 amide bonds. The van der Waals surface area contributed by atoms with E-state index in [1.54, 1.807) is 5.56 Å². The summed E-state index contributed by atoms with van der Waals surface area (Å²) >= 11 is 2.05. The van der Waals surface area contributed by atoms with E-state index in [1.807, 2.05) is 0 Å². The van der Waals surface area contributed by atoms with Gasteiger partial charge in [-0.2, -0.15) is 0 Å². The van der Waals surface area contributed by atoms with E-state index < -0.39 is 0 Å². The van der Waals surface area contributed by atoms with Crippen LogP contribution in [0.25, 0.3) is 11.1 Å². The molecule has 0 nitrogen and oxygen atoms in total. The fraction of sp³-hybridized carbons (Fsp3) is 0.556. The number of benzene rings is 2. The summed E-state index contributed by atoms with van der Waals surface area (Å²) in [5.74, 6) is 1.26. The molecule has 0 fully saturated rings. The zero-order chi connectivity index (χ0) is 20.2. The van der Waals surface area contributed by atoms with E-state index in [2.05, 4.69) is 88.0 Å². The maximum absolute atomic E-state index is 2.46. The summed E-state index contributed by atoms with van der Waals surface area (Å²) in [6.07, 6.45) is 12.2. The molecule has 2 aromatic rings. The number of fused-ring (bicyclic) bond motifs is 1. The van der Waals surface area contributed by atoms with Crippen LogP contribution in [0.2, 0.25) is 0 Å². The van der Waals surface area contributed by atoms with Crippen molar-refractivity contribution in [3.63, 3.8) is 0 Å². The lowest BCUT2D eigenvalue weighted by atomic mass is 9.75.